The summed E-state index contributed by atoms with van der Waals surface area (Å²) in [7, 11) is 0. The summed E-state index contributed by atoms with van der Waals surface area (Å²) >= 11 is 0. The molecule has 0 aromatic heterocycles. The monoisotopic (exact) mass is 307 g/mol. The Hall–Kier alpha value is -2.48. The molecule has 1 aliphatic rings. The van der Waals surface area contributed by atoms with E-state index >= 15 is 0 Å². The van der Waals surface area contributed by atoms with Crippen molar-refractivity contribution >= 4 is 17.8 Å². The lowest BCUT2D eigenvalue weighted by atomic mass is 10.2. The molecule has 8 heteroatoms. The van der Waals surface area contributed by atoms with Crippen LogP contribution in [0.15, 0.2) is 29.4 Å². The number of benzene rings is 1. The number of nitrogens with one attached hydrogen (secondary N) is 1. The Kier molecular flexibility index (Phi) is 5.84. The molecule has 1 heterocycles. The van der Waals surface area contributed by atoms with Gasteiger partial charge in [-0.05, 0) is 12.8 Å². The molecule has 0 saturated carbocycles. The van der Waals surface area contributed by atoms with Gasteiger partial charge >= 0.3 is 0 Å². The van der Waals surface area contributed by atoms with Gasteiger partial charge in [-0.3, -0.25) is 14.9 Å². The first-order valence-electron chi connectivity index (χ1n) is 6.93. The van der Waals surface area contributed by atoms with Gasteiger partial charge in [0, 0.05) is 30.8 Å². The van der Waals surface area contributed by atoms with Crippen LogP contribution in [0.5, 0.6) is 0 Å². The van der Waals surface area contributed by atoms with E-state index in [0.717, 1.165) is 19.4 Å². The van der Waals surface area contributed by atoms with Crippen LogP contribution in [0.4, 0.5) is 5.69 Å². The molecule has 1 aromatic carbocycles. The molecule has 0 aliphatic carbocycles. The molecule has 22 heavy (non-hydrogen) atoms. The molecule has 0 unspecified atom stereocenters. The van der Waals surface area contributed by atoms with Crippen LogP contribution in [0, 0.1) is 10.1 Å². The Labute approximate surface area is 127 Å². The van der Waals surface area contributed by atoms with Crippen LogP contribution in [0.25, 0.3) is 0 Å². The number of nitro benzene ring substituents is 1. The van der Waals surface area contributed by atoms with E-state index in [-0.39, 0.29) is 24.3 Å². The van der Waals surface area contributed by atoms with E-state index in [1.807, 2.05) is 0 Å². The van der Waals surface area contributed by atoms with Crippen molar-refractivity contribution in [3.8, 4) is 0 Å². The van der Waals surface area contributed by atoms with Gasteiger partial charge in [0.25, 0.3) is 11.6 Å². The molecular weight excluding hydrogens is 290 g/mol. The minimum absolute atomic E-state index is 0.0294. The molecule has 118 valence electrons. The maximum absolute atomic E-state index is 11.5. The molecule has 1 fully saturated rings. The van der Waals surface area contributed by atoms with Gasteiger partial charge in [0.2, 0.25) is 0 Å². The van der Waals surface area contributed by atoms with E-state index in [4.69, 9.17) is 9.57 Å². The van der Waals surface area contributed by atoms with Crippen LogP contribution in [-0.2, 0) is 14.4 Å². The summed E-state index contributed by atoms with van der Waals surface area (Å²) in [6, 6.07) is 5.95. The van der Waals surface area contributed by atoms with Crippen LogP contribution in [-0.4, -0.2) is 42.9 Å². The maximum Gasteiger partial charge on any atom is 0.270 e. The third-order valence-electron chi connectivity index (χ3n) is 3.10. The minimum atomic E-state index is -0.489. The van der Waals surface area contributed by atoms with Gasteiger partial charge in [-0.25, -0.2) is 0 Å². The number of nitro groups is 1. The highest BCUT2D eigenvalue weighted by Gasteiger charge is 2.16. The number of rotatable bonds is 7. The molecule has 8 nitrogen and oxygen atoms in total. The fourth-order valence-electron chi connectivity index (χ4n) is 2.00. The highest BCUT2D eigenvalue weighted by atomic mass is 16.6. The molecule has 0 bridgehead atoms. The molecule has 0 radical (unpaired) electrons. The van der Waals surface area contributed by atoms with Crippen LogP contribution in [0.1, 0.15) is 18.4 Å². The summed E-state index contributed by atoms with van der Waals surface area (Å²) in [5.41, 5.74) is 0.493. The predicted molar refractivity (Wildman–Crippen MR) is 78.6 cm³/mol. The summed E-state index contributed by atoms with van der Waals surface area (Å²) in [5.74, 6) is -0.285. The maximum atomic E-state index is 11.5. The molecule has 1 N–H and O–H groups in total. The van der Waals surface area contributed by atoms with Crippen molar-refractivity contribution in [3.63, 3.8) is 0 Å². The number of non-ortho nitro benzene ring substituents is 1. The van der Waals surface area contributed by atoms with E-state index in [1.54, 1.807) is 12.1 Å². The van der Waals surface area contributed by atoms with Crippen LogP contribution < -0.4 is 5.32 Å². The number of ether oxygens (including phenoxy) is 1. The van der Waals surface area contributed by atoms with E-state index in [2.05, 4.69) is 10.5 Å². The second kappa shape index (κ2) is 8.08. The van der Waals surface area contributed by atoms with Crippen molar-refractivity contribution in [1.82, 2.24) is 5.32 Å². The van der Waals surface area contributed by atoms with Gasteiger partial charge in [-0.1, -0.05) is 17.3 Å². The fourth-order valence-corrected chi connectivity index (χ4v) is 2.00. The molecule has 1 atom stereocenters. The Morgan fingerprint density at radius 3 is 3.18 bits per heavy atom. The van der Waals surface area contributed by atoms with Crippen molar-refractivity contribution in [1.29, 1.82) is 0 Å². The first-order valence-corrected chi connectivity index (χ1v) is 6.93. The summed E-state index contributed by atoms with van der Waals surface area (Å²) in [6.45, 7) is 0.999. The predicted octanol–water partition coefficient (Wildman–Crippen LogP) is 1.24. The van der Waals surface area contributed by atoms with Crippen molar-refractivity contribution in [2.45, 2.75) is 18.9 Å². The van der Waals surface area contributed by atoms with E-state index < -0.39 is 4.92 Å². The van der Waals surface area contributed by atoms with Gasteiger partial charge in [0.1, 0.15) is 0 Å². The first kappa shape index (κ1) is 15.9. The second-order valence-electron chi connectivity index (χ2n) is 4.80. The number of amides is 1. The zero-order valence-corrected chi connectivity index (χ0v) is 11.9. The van der Waals surface area contributed by atoms with Crippen LogP contribution in [0.3, 0.4) is 0 Å². The first-order chi connectivity index (χ1) is 10.6. The zero-order chi connectivity index (χ0) is 15.8. The topological polar surface area (TPSA) is 103 Å². The number of carbonyl (C=O) groups is 1. The Balaban J connectivity index is 1.69. The van der Waals surface area contributed by atoms with Crippen molar-refractivity contribution in [2.75, 3.05) is 19.8 Å². The van der Waals surface area contributed by atoms with Gasteiger partial charge in [0.15, 0.2) is 6.61 Å². The van der Waals surface area contributed by atoms with E-state index in [1.165, 1.54) is 18.3 Å². The molecule has 1 saturated heterocycles. The summed E-state index contributed by atoms with van der Waals surface area (Å²) in [6.07, 6.45) is 3.37. The number of hydrogen-bond acceptors (Lipinski definition) is 6. The lowest BCUT2D eigenvalue weighted by Gasteiger charge is -2.09. The Morgan fingerprint density at radius 1 is 1.59 bits per heavy atom. The Morgan fingerprint density at radius 2 is 2.45 bits per heavy atom. The van der Waals surface area contributed by atoms with Crippen LogP contribution in [0.2, 0.25) is 0 Å². The number of hydrogen-bond donors (Lipinski definition) is 1. The smallest absolute Gasteiger partial charge is 0.270 e. The average Bonchev–Trinajstić information content (AvgIpc) is 3.03. The minimum Gasteiger partial charge on any atom is -0.386 e. The molecule has 1 amide bonds. The largest absolute Gasteiger partial charge is 0.386 e. The SMILES string of the molecule is O=C(CO/N=C\c1cccc([N+](=O)[O-])c1)NC[C@H]1CCCO1. The molecule has 0 spiro atoms. The Bertz CT molecular complexity index is 555. The van der Waals surface area contributed by atoms with Gasteiger partial charge in [-0.15, -0.1) is 0 Å². The summed E-state index contributed by atoms with van der Waals surface area (Å²) < 4.78 is 5.38. The quantitative estimate of drug-likeness (QED) is 0.464. The molecular formula is C14H17N3O5. The highest BCUT2D eigenvalue weighted by molar-refractivity contribution is 5.80. The number of oxime groups is 1. The number of nitrogens with zero attached hydrogens (tertiary/aromatic N) is 2. The third kappa shape index (κ3) is 5.13. The van der Waals surface area contributed by atoms with Crippen molar-refractivity contribution < 1.29 is 19.3 Å². The van der Waals surface area contributed by atoms with Gasteiger partial charge in [-0.2, -0.15) is 0 Å². The van der Waals surface area contributed by atoms with E-state index in [9.17, 15) is 14.9 Å². The van der Waals surface area contributed by atoms with Crippen molar-refractivity contribution in [2.24, 2.45) is 5.16 Å². The molecule has 1 aliphatic heterocycles. The van der Waals surface area contributed by atoms with Gasteiger partial charge < -0.3 is 14.9 Å². The fraction of sp³-hybridized carbons (Fsp3) is 0.429. The summed E-state index contributed by atoms with van der Waals surface area (Å²) in [4.78, 5) is 26.5. The van der Waals surface area contributed by atoms with Crippen LogP contribution >= 0.6 is 0 Å². The summed E-state index contributed by atoms with van der Waals surface area (Å²) in [5, 5.41) is 16.9. The third-order valence-corrected chi connectivity index (χ3v) is 3.10. The second-order valence-corrected chi connectivity index (χ2v) is 4.80. The normalized spacial score (nSPS) is 17.5. The average molecular weight is 307 g/mol. The standard InChI is InChI=1S/C14H17N3O5/c18-14(15-9-13-5-2-6-21-13)10-22-16-8-11-3-1-4-12(7-11)17(19)20/h1,3-4,7-8,13H,2,5-6,9-10H2,(H,15,18)/b16-8-/t13-/m1/s1. The molecule has 2 rings (SSSR count). The number of carbonyl (C=O) groups excluding carboxylic acids is 1. The zero-order valence-electron chi connectivity index (χ0n) is 11.9. The lowest BCUT2D eigenvalue weighted by Crippen LogP contribution is -2.33. The highest BCUT2D eigenvalue weighted by Crippen LogP contribution is 2.11. The van der Waals surface area contributed by atoms with Crippen molar-refractivity contribution in [3.05, 3.63) is 39.9 Å². The van der Waals surface area contributed by atoms with Gasteiger partial charge in [0.05, 0.1) is 17.2 Å². The van der Waals surface area contributed by atoms with E-state index in [0.29, 0.717) is 12.1 Å². The molecule has 1 aromatic rings. The lowest BCUT2D eigenvalue weighted by molar-refractivity contribution is -0.384.